The number of carbonyl (C=O) groups excluding carboxylic acids is 1. The number of benzene rings is 1. The topological polar surface area (TPSA) is 42.0 Å². The molecule has 1 aromatic heterocycles. The first-order valence-corrected chi connectivity index (χ1v) is 8.06. The minimum absolute atomic E-state index is 0.116. The number of rotatable bonds is 6. The van der Waals surface area contributed by atoms with Crippen LogP contribution >= 0.6 is 23.1 Å². The zero-order chi connectivity index (χ0) is 15.9. The number of nitrogens with zero attached hydrogens (tertiary/aromatic N) is 1. The normalized spacial score (nSPS) is 10.3. The van der Waals surface area contributed by atoms with Gasteiger partial charge in [0, 0.05) is 28.6 Å². The van der Waals surface area contributed by atoms with Gasteiger partial charge in [0.05, 0.1) is 5.56 Å². The van der Waals surface area contributed by atoms with E-state index >= 15 is 0 Å². The van der Waals surface area contributed by atoms with Crippen LogP contribution in [-0.4, -0.2) is 16.6 Å². The molecular weight excluding hydrogens is 333 g/mol. The number of nitrogens with one attached hydrogen (secondary N) is 1. The molecule has 2 aromatic rings. The summed E-state index contributed by atoms with van der Waals surface area (Å²) in [7, 11) is 0. The molecule has 0 saturated carbocycles. The highest BCUT2D eigenvalue weighted by Gasteiger charge is 2.13. The summed E-state index contributed by atoms with van der Waals surface area (Å²) in [5.74, 6) is -1.65. The Morgan fingerprint density at radius 2 is 2.05 bits per heavy atom. The van der Waals surface area contributed by atoms with E-state index in [2.05, 4.69) is 10.3 Å². The smallest absolute Gasteiger partial charge is 0.298 e. The van der Waals surface area contributed by atoms with Crippen molar-refractivity contribution in [1.82, 2.24) is 4.98 Å². The van der Waals surface area contributed by atoms with Gasteiger partial charge in [-0.2, -0.15) is 8.78 Å². The molecule has 116 valence electrons. The number of thiazole rings is 1. The van der Waals surface area contributed by atoms with Gasteiger partial charge in [0.15, 0.2) is 11.0 Å². The lowest BCUT2D eigenvalue weighted by Crippen LogP contribution is -2.12. The molecule has 0 bridgehead atoms. The van der Waals surface area contributed by atoms with Gasteiger partial charge in [0.25, 0.3) is 5.91 Å². The summed E-state index contributed by atoms with van der Waals surface area (Å²) in [6.45, 7) is 0. The summed E-state index contributed by atoms with van der Waals surface area (Å²) in [5.41, 5.74) is 0.396. The predicted octanol–water partition coefficient (Wildman–Crippen LogP) is 4.96. The number of anilines is 1. The molecule has 0 atom stereocenters. The highest BCUT2D eigenvalue weighted by Crippen LogP contribution is 2.26. The van der Waals surface area contributed by atoms with Crippen LogP contribution in [0.4, 0.5) is 18.3 Å². The van der Waals surface area contributed by atoms with Crippen molar-refractivity contribution >= 4 is 34.1 Å². The number of halogens is 3. The molecule has 1 N–H and O–H groups in total. The van der Waals surface area contributed by atoms with Crippen molar-refractivity contribution in [3.8, 4) is 0 Å². The molecule has 8 heteroatoms. The number of carbonyl (C=O) groups is 1. The Bertz CT molecular complexity index is 670. The zero-order valence-corrected chi connectivity index (χ0v) is 12.8. The Hall–Kier alpha value is -1.80. The maximum Gasteiger partial charge on any atom is 0.301 e. The lowest BCUT2D eigenvalue weighted by atomic mass is 10.2. The first-order chi connectivity index (χ1) is 10.6. The van der Waals surface area contributed by atoms with Crippen LogP contribution in [0, 0.1) is 0 Å². The van der Waals surface area contributed by atoms with Crippen LogP contribution in [0.2, 0.25) is 0 Å². The fourth-order valence-corrected chi connectivity index (χ4v) is 3.09. The van der Waals surface area contributed by atoms with Crippen molar-refractivity contribution < 1.29 is 18.0 Å². The SMILES string of the molecule is O=C(Nc1nccs1)c1ccccc1SCCC(F)=C(F)F. The highest BCUT2D eigenvalue weighted by molar-refractivity contribution is 7.99. The third-order valence-corrected chi connectivity index (χ3v) is 4.33. The summed E-state index contributed by atoms with van der Waals surface area (Å²) >= 11 is 2.44. The molecule has 0 aliphatic carbocycles. The van der Waals surface area contributed by atoms with E-state index in [-0.39, 0.29) is 18.1 Å². The number of allylic oxidation sites excluding steroid dienone is 1. The van der Waals surface area contributed by atoms with Crippen LogP contribution < -0.4 is 5.32 Å². The van der Waals surface area contributed by atoms with E-state index in [9.17, 15) is 18.0 Å². The molecule has 0 aliphatic rings. The van der Waals surface area contributed by atoms with Crippen LogP contribution in [0.15, 0.2) is 52.6 Å². The number of hydrogen-bond donors (Lipinski definition) is 1. The number of thioether (sulfide) groups is 1. The average Bonchev–Trinajstić information content (AvgIpc) is 3.00. The standard InChI is InChI=1S/C14H11F3N2OS2/c15-10(12(16)17)5-7-21-11-4-2-1-3-9(11)13(20)19-14-18-6-8-22-14/h1-4,6,8H,5,7H2,(H,18,19,20). The molecule has 22 heavy (non-hydrogen) atoms. The van der Waals surface area contributed by atoms with Crippen LogP contribution in [0.3, 0.4) is 0 Å². The van der Waals surface area contributed by atoms with E-state index in [4.69, 9.17) is 0 Å². The van der Waals surface area contributed by atoms with Crippen LogP contribution in [0.25, 0.3) is 0 Å². The maximum absolute atomic E-state index is 12.8. The second-order valence-corrected chi connectivity index (χ2v) is 6.08. The Morgan fingerprint density at radius 1 is 1.27 bits per heavy atom. The fraction of sp³-hybridized carbons (Fsp3) is 0.143. The van der Waals surface area contributed by atoms with Crippen LogP contribution in [-0.2, 0) is 0 Å². The molecule has 0 fully saturated rings. The first kappa shape index (κ1) is 16.6. The maximum atomic E-state index is 12.8. The van der Waals surface area contributed by atoms with Crippen molar-refractivity contribution in [3.63, 3.8) is 0 Å². The second kappa shape index (κ2) is 8.00. The molecule has 0 unspecified atom stereocenters. The van der Waals surface area contributed by atoms with Gasteiger partial charge in [-0.1, -0.05) is 12.1 Å². The predicted molar refractivity (Wildman–Crippen MR) is 82.2 cm³/mol. The van der Waals surface area contributed by atoms with Gasteiger partial charge in [-0.25, -0.2) is 9.37 Å². The molecule has 1 amide bonds. The van der Waals surface area contributed by atoms with Crippen molar-refractivity contribution in [1.29, 1.82) is 0 Å². The van der Waals surface area contributed by atoms with Gasteiger partial charge >= 0.3 is 6.08 Å². The lowest BCUT2D eigenvalue weighted by molar-refractivity contribution is 0.102. The molecule has 0 spiro atoms. The van der Waals surface area contributed by atoms with E-state index in [0.29, 0.717) is 15.6 Å². The van der Waals surface area contributed by atoms with E-state index in [0.717, 1.165) is 11.8 Å². The Kier molecular flexibility index (Phi) is 6.02. The summed E-state index contributed by atoms with van der Waals surface area (Å²) < 4.78 is 36.8. The molecule has 0 aliphatic heterocycles. The first-order valence-electron chi connectivity index (χ1n) is 6.20. The van der Waals surface area contributed by atoms with E-state index in [1.807, 2.05) is 0 Å². The molecule has 0 radical (unpaired) electrons. The number of amides is 1. The Balaban J connectivity index is 2.03. The molecular formula is C14H11F3N2OS2. The number of aromatic nitrogens is 1. The van der Waals surface area contributed by atoms with Crippen molar-refractivity contribution in [2.24, 2.45) is 0 Å². The zero-order valence-electron chi connectivity index (χ0n) is 11.2. The summed E-state index contributed by atoms with van der Waals surface area (Å²) in [6, 6.07) is 6.73. The quantitative estimate of drug-likeness (QED) is 0.754. The Labute approximate surface area is 133 Å². The van der Waals surface area contributed by atoms with Gasteiger partial charge in [-0.15, -0.1) is 23.1 Å². The fourth-order valence-electron chi connectivity index (χ4n) is 1.57. The van der Waals surface area contributed by atoms with Crippen LogP contribution in [0.5, 0.6) is 0 Å². The van der Waals surface area contributed by atoms with E-state index < -0.39 is 11.9 Å². The van der Waals surface area contributed by atoms with Crippen molar-refractivity contribution in [3.05, 3.63) is 53.3 Å². The minimum atomic E-state index is -2.30. The second-order valence-electron chi connectivity index (χ2n) is 4.05. The van der Waals surface area contributed by atoms with Gasteiger partial charge in [-0.05, 0) is 12.1 Å². The van der Waals surface area contributed by atoms with E-state index in [1.165, 1.54) is 11.3 Å². The highest BCUT2D eigenvalue weighted by atomic mass is 32.2. The van der Waals surface area contributed by atoms with Crippen LogP contribution in [0.1, 0.15) is 16.8 Å². The van der Waals surface area contributed by atoms with E-state index in [1.54, 1.807) is 35.8 Å². The average molecular weight is 344 g/mol. The largest absolute Gasteiger partial charge is 0.301 e. The van der Waals surface area contributed by atoms with Gasteiger partial charge < -0.3 is 0 Å². The summed E-state index contributed by atoms with van der Waals surface area (Å²) in [4.78, 5) is 16.7. The molecule has 0 saturated heterocycles. The lowest BCUT2D eigenvalue weighted by Gasteiger charge is -2.08. The minimum Gasteiger partial charge on any atom is -0.298 e. The molecule has 1 aromatic carbocycles. The summed E-state index contributed by atoms with van der Waals surface area (Å²) in [6.07, 6.45) is -1.10. The molecule has 3 nitrogen and oxygen atoms in total. The van der Waals surface area contributed by atoms with Crippen molar-refractivity contribution in [2.75, 3.05) is 11.1 Å². The molecule has 2 rings (SSSR count). The monoisotopic (exact) mass is 344 g/mol. The number of hydrogen-bond acceptors (Lipinski definition) is 4. The van der Waals surface area contributed by atoms with Gasteiger partial charge in [0.1, 0.15) is 0 Å². The van der Waals surface area contributed by atoms with Crippen molar-refractivity contribution in [2.45, 2.75) is 11.3 Å². The molecule has 1 heterocycles. The van der Waals surface area contributed by atoms with Gasteiger partial charge in [-0.3, -0.25) is 10.1 Å². The van der Waals surface area contributed by atoms with Gasteiger partial charge in [0.2, 0.25) is 0 Å². The summed E-state index contributed by atoms with van der Waals surface area (Å²) in [5, 5.41) is 4.85. The third-order valence-electron chi connectivity index (χ3n) is 2.57. The third kappa shape index (κ3) is 4.60. The Morgan fingerprint density at radius 3 is 2.73 bits per heavy atom.